The van der Waals surface area contributed by atoms with Crippen LogP contribution in [0, 0.1) is 0 Å². The Morgan fingerprint density at radius 3 is 2.57 bits per heavy atom. The number of benzene rings is 2. The number of ether oxygens (including phenoxy) is 2. The average molecular weight is 332 g/mol. The van der Waals surface area contributed by atoms with E-state index in [9.17, 15) is 4.79 Å². The summed E-state index contributed by atoms with van der Waals surface area (Å²) in [6.45, 7) is 1.83. The summed E-state index contributed by atoms with van der Waals surface area (Å²) in [5.74, 6) is 0.846. The van der Waals surface area contributed by atoms with Gasteiger partial charge in [-0.2, -0.15) is 0 Å². The van der Waals surface area contributed by atoms with Gasteiger partial charge in [-0.15, -0.1) is 0 Å². The van der Waals surface area contributed by atoms with E-state index in [1.54, 1.807) is 37.4 Å². The van der Waals surface area contributed by atoms with E-state index in [-0.39, 0.29) is 12.5 Å². The normalized spacial score (nSPS) is 10.6. The Kier molecular flexibility index (Phi) is 6.06. The van der Waals surface area contributed by atoms with Crippen LogP contribution in [0.15, 0.2) is 48.5 Å². The van der Waals surface area contributed by atoms with Crippen LogP contribution in [0.5, 0.6) is 11.5 Å². The van der Waals surface area contributed by atoms with Crippen molar-refractivity contribution in [2.75, 3.05) is 19.0 Å². The minimum atomic E-state index is -0.257. The Morgan fingerprint density at radius 2 is 1.91 bits per heavy atom. The lowest BCUT2D eigenvalue weighted by atomic mass is 10.2. The first kappa shape index (κ1) is 16.9. The summed E-state index contributed by atoms with van der Waals surface area (Å²) in [7, 11) is 1.56. The topological polar surface area (TPSA) is 47.6 Å². The fraction of sp³-hybridized carbons (Fsp3) is 0.167. The fourth-order valence-electron chi connectivity index (χ4n) is 1.97. The molecule has 4 nitrogen and oxygen atoms in total. The van der Waals surface area contributed by atoms with Gasteiger partial charge in [0.25, 0.3) is 5.91 Å². The molecule has 0 spiro atoms. The molecule has 0 aliphatic rings. The van der Waals surface area contributed by atoms with Gasteiger partial charge >= 0.3 is 0 Å². The number of methoxy groups -OCH3 is 1. The zero-order valence-electron chi connectivity index (χ0n) is 13.0. The minimum absolute atomic E-state index is 0.109. The van der Waals surface area contributed by atoms with Crippen molar-refractivity contribution in [2.45, 2.75) is 6.92 Å². The number of carbonyl (C=O) groups excluding carboxylic acids is 1. The molecule has 0 fully saturated rings. The molecule has 1 N–H and O–H groups in total. The molecule has 0 atom stereocenters. The number of amides is 1. The van der Waals surface area contributed by atoms with E-state index < -0.39 is 0 Å². The maximum atomic E-state index is 11.9. The van der Waals surface area contributed by atoms with Crippen LogP contribution in [0.25, 0.3) is 6.08 Å². The number of rotatable bonds is 6. The second-order valence-electron chi connectivity index (χ2n) is 4.75. The Morgan fingerprint density at radius 1 is 1.17 bits per heavy atom. The molecule has 0 aliphatic heterocycles. The summed E-state index contributed by atoms with van der Waals surface area (Å²) >= 11 is 5.80. The Balaban J connectivity index is 1.97. The molecule has 0 saturated heterocycles. The molecule has 1 amide bonds. The lowest BCUT2D eigenvalue weighted by Crippen LogP contribution is -2.20. The number of hydrogen-bond acceptors (Lipinski definition) is 3. The van der Waals surface area contributed by atoms with E-state index in [0.29, 0.717) is 22.2 Å². The van der Waals surface area contributed by atoms with Crippen LogP contribution in [-0.2, 0) is 4.79 Å². The maximum Gasteiger partial charge on any atom is 0.262 e. The van der Waals surface area contributed by atoms with Crippen molar-refractivity contribution in [3.05, 3.63) is 59.1 Å². The highest BCUT2D eigenvalue weighted by molar-refractivity contribution is 6.30. The van der Waals surface area contributed by atoms with E-state index >= 15 is 0 Å². The first-order valence-corrected chi connectivity index (χ1v) is 7.49. The van der Waals surface area contributed by atoms with Crippen molar-refractivity contribution < 1.29 is 14.3 Å². The molecule has 120 valence electrons. The summed E-state index contributed by atoms with van der Waals surface area (Å²) in [5, 5.41) is 3.35. The van der Waals surface area contributed by atoms with Crippen molar-refractivity contribution >= 4 is 29.3 Å². The first-order chi connectivity index (χ1) is 11.1. The SMILES string of the molecule is C/C=C/c1ccc(OCC(=O)Nc2ccc(Cl)cc2)c(OC)c1. The van der Waals surface area contributed by atoms with Gasteiger partial charge in [-0.05, 0) is 48.9 Å². The van der Waals surface area contributed by atoms with Crippen LogP contribution in [0.3, 0.4) is 0 Å². The number of carbonyl (C=O) groups is 1. The molecule has 2 rings (SSSR count). The van der Waals surface area contributed by atoms with Gasteiger partial charge in [-0.1, -0.05) is 29.8 Å². The molecule has 0 heterocycles. The Hall–Kier alpha value is -2.46. The van der Waals surface area contributed by atoms with Gasteiger partial charge in [0.15, 0.2) is 18.1 Å². The molecule has 2 aromatic carbocycles. The Bertz CT molecular complexity index is 696. The Labute approximate surface area is 140 Å². The van der Waals surface area contributed by atoms with Crippen LogP contribution in [-0.4, -0.2) is 19.6 Å². The number of halogens is 1. The number of hydrogen-bond donors (Lipinski definition) is 1. The molecule has 0 radical (unpaired) electrons. The molecule has 23 heavy (non-hydrogen) atoms. The van der Waals surface area contributed by atoms with Crippen LogP contribution in [0.1, 0.15) is 12.5 Å². The van der Waals surface area contributed by atoms with Crippen molar-refractivity contribution in [3.63, 3.8) is 0 Å². The summed E-state index contributed by atoms with van der Waals surface area (Å²) in [6, 6.07) is 12.4. The zero-order valence-corrected chi connectivity index (χ0v) is 13.8. The lowest BCUT2D eigenvalue weighted by molar-refractivity contribution is -0.118. The third-order valence-corrected chi connectivity index (χ3v) is 3.29. The molecule has 0 saturated carbocycles. The van der Waals surface area contributed by atoms with Gasteiger partial charge in [0.05, 0.1) is 7.11 Å². The van der Waals surface area contributed by atoms with Crippen molar-refractivity contribution in [2.24, 2.45) is 0 Å². The third-order valence-electron chi connectivity index (χ3n) is 3.03. The second-order valence-corrected chi connectivity index (χ2v) is 5.19. The predicted octanol–water partition coefficient (Wildman–Crippen LogP) is 4.40. The highest BCUT2D eigenvalue weighted by atomic mass is 35.5. The monoisotopic (exact) mass is 331 g/mol. The molecular weight excluding hydrogens is 314 g/mol. The first-order valence-electron chi connectivity index (χ1n) is 7.11. The molecule has 0 unspecified atom stereocenters. The fourth-order valence-corrected chi connectivity index (χ4v) is 2.10. The van der Waals surface area contributed by atoms with Crippen molar-refractivity contribution in [1.82, 2.24) is 0 Å². The molecule has 5 heteroatoms. The number of anilines is 1. The van der Waals surface area contributed by atoms with Gasteiger partial charge < -0.3 is 14.8 Å². The summed E-state index contributed by atoms with van der Waals surface area (Å²) in [4.78, 5) is 11.9. The highest BCUT2D eigenvalue weighted by Gasteiger charge is 2.08. The third kappa shape index (κ3) is 5.04. The number of allylic oxidation sites excluding steroid dienone is 1. The van der Waals surface area contributed by atoms with E-state index in [0.717, 1.165) is 5.56 Å². The van der Waals surface area contributed by atoms with Gasteiger partial charge in [-0.25, -0.2) is 0 Å². The molecule has 2 aromatic rings. The van der Waals surface area contributed by atoms with Gasteiger partial charge in [0.2, 0.25) is 0 Å². The van der Waals surface area contributed by atoms with Crippen molar-refractivity contribution in [3.8, 4) is 11.5 Å². The molecule has 0 bridgehead atoms. The highest BCUT2D eigenvalue weighted by Crippen LogP contribution is 2.28. The predicted molar refractivity (Wildman–Crippen MR) is 93.3 cm³/mol. The molecular formula is C18H18ClNO3. The van der Waals surface area contributed by atoms with Crippen LogP contribution in [0.2, 0.25) is 5.02 Å². The molecule has 0 aliphatic carbocycles. The van der Waals surface area contributed by atoms with Gasteiger partial charge in [0.1, 0.15) is 0 Å². The van der Waals surface area contributed by atoms with E-state index in [1.807, 2.05) is 31.2 Å². The largest absolute Gasteiger partial charge is 0.493 e. The van der Waals surface area contributed by atoms with E-state index in [1.165, 1.54) is 0 Å². The second kappa shape index (κ2) is 8.25. The van der Waals surface area contributed by atoms with E-state index in [4.69, 9.17) is 21.1 Å². The maximum absolute atomic E-state index is 11.9. The van der Waals surface area contributed by atoms with Crippen LogP contribution < -0.4 is 14.8 Å². The number of nitrogens with one attached hydrogen (secondary N) is 1. The molecule has 0 aromatic heterocycles. The summed E-state index contributed by atoms with van der Waals surface area (Å²) < 4.78 is 10.8. The van der Waals surface area contributed by atoms with Crippen LogP contribution >= 0.6 is 11.6 Å². The smallest absolute Gasteiger partial charge is 0.262 e. The van der Waals surface area contributed by atoms with Gasteiger partial charge in [-0.3, -0.25) is 4.79 Å². The van der Waals surface area contributed by atoms with E-state index in [2.05, 4.69) is 5.32 Å². The summed E-state index contributed by atoms with van der Waals surface area (Å²) in [5.41, 5.74) is 1.67. The standard InChI is InChI=1S/C18H18ClNO3/c1-3-4-13-5-10-16(17(11-13)22-2)23-12-18(21)20-15-8-6-14(19)7-9-15/h3-11H,12H2,1-2H3,(H,20,21)/b4-3+. The summed E-state index contributed by atoms with van der Waals surface area (Å²) in [6.07, 6.45) is 3.90. The quantitative estimate of drug-likeness (QED) is 0.853. The zero-order chi connectivity index (χ0) is 16.7. The van der Waals surface area contributed by atoms with Crippen LogP contribution in [0.4, 0.5) is 5.69 Å². The van der Waals surface area contributed by atoms with Crippen molar-refractivity contribution in [1.29, 1.82) is 0 Å². The average Bonchev–Trinajstić information content (AvgIpc) is 2.56. The lowest BCUT2D eigenvalue weighted by Gasteiger charge is -2.11. The minimum Gasteiger partial charge on any atom is -0.493 e. The van der Waals surface area contributed by atoms with Gasteiger partial charge in [0, 0.05) is 10.7 Å².